The zero-order chi connectivity index (χ0) is 29.6. The first kappa shape index (κ1) is 27.7. The molecule has 2 aromatic carbocycles. The molecule has 8 heteroatoms. The summed E-state index contributed by atoms with van der Waals surface area (Å²) in [6.45, 7) is 11.7. The first-order valence-electron chi connectivity index (χ1n) is 15.3. The monoisotopic (exact) mass is 577 g/mol. The third kappa shape index (κ3) is 5.52. The topological polar surface area (TPSA) is 72.7 Å². The van der Waals surface area contributed by atoms with Gasteiger partial charge in [-0.25, -0.2) is 14.8 Å². The van der Waals surface area contributed by atoms with Crippen LogP contribution in [0.5, 0.6) is 5.88 Å². The van der Waals surface area contributed by atoms with Gasteiger partial charge in [0.1, 0.15) is 18.0 Å². The van der Waals surface area contributed by atoms with E-state index in [0.29, 0.717) is 24.4 Å². The van der Waals surface area contributed by atoms with Crippen LogP contribution >= 0.6 is 0 Å². The van der Waals surface area contributed by atoms with Crippen LogP contribution in [-0.4, -0.2) is 68.8 Å². The second kappa shape index (κ2) is 10.8. The van der Waals surface area contributed by atoms with Crippen molar-refractivity contribution in [3.05, 3.63) is 78.5 Å². The smallest absolute Gasteiger partial charge is 0.410 e. The summed E-state index contributed by atoms with van der Waals surface area (Å²) in [6.07, 6.45) is 3.66. The first-order valence-corrected chi connectivity index (χ1v) is 15.3. The van der Waals surface area contributed by atoms with Gasteiger partial charge in [-0.3, -0.25) is 4.90 Å². The van der Waals surface area contributed by atoms with E-state index in [4.69, 9.17) is 14.5 Å². The van der Waals surface area contributed by atoms with E-state index in [0.717, 1.165) is 79.5 Å². The minimum Gasteiger partial charge on any atom is -0.475 e. The molecule has 1 spiro atoms. The highest BCUT2D eigenvalue weighted by molar-refractivity contribution is 5.83. The molecule has 3 aliphatic rings. The normalized spacial score (nSPS) is 17.8. The number of imidazole rings is 1. The Bertz CT molecular complexity index is 1610. The summed E-state index contributed by atoms with van der Waals surface area (Å²) in [4.78, 5) is 26.5. The molecule has 0 unspecified atom stereocenters. The second-order valence-corrected chi connectivity index (χ2v) is 13.2. The van der Waals surface area contributed by atoms with Crippen LogP contribution in [0, 0.1) is 5.41 Å². The number of hydrogen-bond acceptors (Lipinski definition) is 6. The van der Waals surface area contributed by atoms with Crippen LogP contribution < -0.4 is 4.74 Å². The molecular weight excluding hydrogens is 538 g/mol. The summed E-state index contributed by atoms with van der Waals surface area (Å²) in [5.74, 6) is 1.53. The van der Waals surface area contributed by atoms with Gasteiger partial charge >= 0.3 is 6.09 Å². The lowest BCUT2D eigenvalue weighted by Crippen LogP contribution is -2.60. The molecule has 43 heavy (non-hydrogen) atoms. The highest BCUT2D eigenvalue weighted by Crippen LogP contribution is 2.42. The van der Waals surface area contributed by atoms with Crippen LogP contribution in [-0.2, 0) is 17.8 Å². The van der Waals surface area contributed by atoms with Crippen LogP contribution in [0.15, 0.2) is 72.9 Å². The number of nitrogens with zero attached hydrogens (tertiary/aromatic N) is 5. The van der Waals surface area contributed by atoms with Crippen molar-refractivity contribution in [3.8, 4) is 39.8 Å². The molecule has 0 aliphatic carbocycles. The van der Waals surface area contributed by atoms with Gasteiger partial charge in [0.25, 0.3) is 0 Å². The van der Waals surface area contributed by atoms with Gasteiger partial charge in [-0.2, -0.15) is 0 Å². The average molecular weight is 578 g/mol. The highest BCUT2D eigenvalue weighted by atomic mass is 16.6. The van der Waals surface area contributed by atoms with Crippen molar-refractivity contribution in [2.45, 2.75) is 52.3 Å². The van der Waals surface area contributed by atoms with E-state index in [1.54, 1.807) is 6.20 Å². The van der Waals surface area contributed by atoms with Crippen molar-refractivity contribution in [1.82, 2.24) is 24.3 Å². The van der Waals surface area contributed by atoms with E-state index in [1.807, 2.05) is 43.9 Å². The molecule has 5 heterocycles. The zero-order valence-electron chi connectivity index (χ0n) is 25.3. The Balaban J connectivity index is 1.06. The minimum absolute atomic E-state index is 0.183. The maximum atomic E-state index is 12.5. The molecular formula is C35H39N5O3. The molecule has 8 nitrogen and oxygen atoms in total. The number of pyridine rings is 1. The van der Waals surface area contributed by atoms with Crippen molar-refractivity contribution >= 4 is 6.09 Å². The summed E-state index contributed by atoms with van der Waals surface area (Å²) >= 11 is 0. The molecule has 0 bridgehead atoms. The molecule has 2 fully saturated rings. The number of rotatable bonds is 4. The van der Waals surface area contributed by atoms with Gasteiger partial charge in [0.05, 0.1) is 23.5 Å². The lowest BCUT2D eigenvalue weighted by Gasteiger charge is -2.54. The number of aromatic nitrogens is 3. The molecule has 0 radical (unpaired) electrons. The fraction of sp³-hybridized carbons (Fsp3) is 0.400. The number of fused-ring (bicyclic) bond motifs is 3. The Morgan fingerprint density at radius 3 is 2.40 bits per heavy atom. The Hall–Kier alpha value is -4.17. The fourth-order valence-electron chi connectivity index (χ4n) is 6.72. The van der Waals surface area contributed by atoms with Crippen molar-refractivity contribution in [2.24, 2.45) is 5.41 Å². The van der Waals surface area contributed by atoms with Crippen molar-refractivity contribution in [1.29, 1.82) is 0 Å². The molecule has 1 amide bonds. The summed E-state index contributed by atoms with van der Waals surface area (Å²) in [6, 6.07) is 23.4. The Kier molecular flexibility index (Phi) is 6.96. The van der Waals surface area contributed by atoms with Crippen molar-refractivity contribution in [3.63, 3.8) is 0 Å². The van der Waals surface area contributed by atoms with Crippen molar-refractivity contribution < 1.29 is 14.3 Å². The number of amides is 1. The number of carbonyl (C=O) groups excluding carboxylic acids is 1. The SMILES string of the molecule is CC(C)(C)OC(=O)N1CCC2(CC1)CN(Cc1ccc(-c3nc4n(c3-c3ccccc3)CCOc3ncccc3-4)cc1)C2. The van der Waals surface area contributed by atoms with E-state index in [2.05, 4.69) is 63.0 Å². The summed E-state index contributed by atoms with van der Waals surface area (Å²) in [5, 5.41) is 0. The van der Waals surface area contributed by atoms with Gasteiger partial charge in [-0.15, -0.1) is 0 Å². The maximum Gasteiger partial charge on any atom is 0.410 e. The number of piperidine rings is 1. The summed E-state index contributed by atoms with van der Waals surface area (Å²) in [7, 11) is 0. The predicted molar refractivity (Wildman–Crippen MR) is 167 cm³/mol. The predicted octanol–water partition coefficient (Wildman–Crippen LogP) is 6.50. The quantitative estimate of drug-likeness (QED) is 0.276. The van der Waals surface area contributed by atoms with Crippen LogP contribution in [0.2, 0.25) is 0 Å². The van der Waals surface area contributed by atoms with Gasteiger partial charge in [-0.05, 0) is 56.7 Å². The van der Waals surface area contributed by atoms with Crippen LogP contribution in [0.3, 0.4) is 0 Å². The number of benzene rings is 2. The maximum absolute atomic E-state index is 12.5. The largest absolute Gasteiger partial charge is 0.475 e. The van der Waals surface area contributed by atoms with Gasteiger partial charge in [-0.1, -0.05) is 54.6 Å². The van der Waals surface area contributed by atoms with Crippen LogP contribution in [0.4, 0.5) is 4.79 Å². The number of hydrogen-bond donors (Lipinski definition) is 0. The molecule has 3 aliphatic heterocycles. The van der Waals surface area contributed by atoms with Gasteiger partial charge in [0.2, 0.25) is 5.88 Å². The highest BCUT2D eigenvalue weighted by Gasteiger charge is 2.45. The Labute approximate surface area is 253 Å². The van der Waals surface area contributed by atoms with Crippen molar-refractivity contribution in [2.75, 3.05) is 32.8 Å². The summed E-state index contributed by atoms with van der Waals surface area (Å²) < 4.78 is 13.8. The lowest BCUT2D eigenvalue weighted by molar-refractivity contribution is -0.0550. The molecule has 2 saturated heterocycles. The van der Waals surface area contributed by atoms with E-state index in [-0.39, 0.29) is 6.09 Å². The Morgan fingerprint density at radius 1 is 0.930 bits per heavy atom. The van der Waals surface area contributed by atoms with E-state index in [1.165, 1.54) is 5.56 Å². The molecule has 4 aromatic rings. The molecule has 0 saturated carbocycles. The number of ether oxygens (including phenoxy) is 2. The molecule has 7 rings (SSSR count). The number of carbonyl (C=O) groups is 1. The standard InChI is InChI=1S/C35H39N5O3/c1-34(2,3)43-33(41)39-18-15-35(16-19-39)23-38(24-35)22-25-11-13-26(14-12-25)29-30(27-8-5-4-6-9-27)40-20-21-42-32-28(31(40)37-29)10-7-17-36-32/h4-14,17H,15-16,18-24H2,1-3H3. The zero-order valence-corrected chi connectivity index (χ0v) is 25.3. The van der Waals surface area contributed by atoms with Gasteiger partial charge in [0, 0.05) is 50.0 Å². The Morgan fingerprint density at radius 2 is 1.67 bits per heavy atom. The van der Waals surface area contributed by atoms with E-state index in [9.17, 15) is 4.79 Å². The molecule has 0 atom stereocenters. The van der Waals surface area contributed by atoms with E-state index >= 15 is 0 Å². The number of likely N-dealkylation sites (tertiary alicyclic amines) is 2. The molecule has 0 N–H and O–H groups in total. The molecule has 222 valence electrons. The van der Waals surface area contributed by atoms with Crippen LogP contribution in [0.25, 0.3) is 33.9 Å². The molecule has 2 aromatic heterocycles. The lowest BCUT2D eigenvalue weighted by atomic mass is 9.72. The third-order valence-electron chi connectivity index (χ3n) is 8.81. The van der Waals surface area contributed by atoms with Gasteiger partial charge in [0.15, 0.2) is 0 Å². The first-order chi connectivity index (χ1) is 20.8. The average Bonchev–Trinajstić information content (AvgIpc) is 3.26. The van der Waals surface area contributed by atoms with E-state index < -0.39 is 5.60 Å². The third-order valence-corrected chi connectivity index (χ3v) is 8.81. The van der Waals surface area contributed by atoms with Gasteiger partial charge < -0.3 is 18.9 Å². The van der Waals surface area contributed by atoms with Crippen LogP contribution in [0.1, 0.15) is 39.2 Å². The second-order valence-electron chi connectivity index (χ2n) is 13.2. The minimum atomic E-state index is -0.452. The summed E-state index contributed by atoms with van der Waals surface area (Å²) in [5.41, 5.74) is 6.41. The fourth-order valence-corrected chi connectivity index (χ4v) is 6.72.